The highest BCUT2D eigenvalue weighted by molar-refractivity contribution is 5.35. The van der Waals surface area contributed by atoms with Crippen molar-refractivity contribution in [2.24, 2.45) is 5.92 Å². The molecular formula is C11H18. The highest BCUT2D eigenvalue weighted by Gasteiger charge is 2.13. The second-order valence-electron chi connectivity index (χ2n) is 3.30. The Hall–Kier alpha value is -0.520. The van der Waals surface area contributed by atoms with Gasteiger partial charge in [0.2, 0.25) is 0 Å². The number of hydrogen-bond donors (Lipinski definition) is 0. The van der Waals surface area contributed by atoms with E-state index in [1.807, 2.05) is 0 Å². The molecule has 0 aliphatic heterocycles. The fourth-order valence-electron chi connectivity index (χ4n) is 1.78. The van der Waals surface area contributed by atoms with Gasteiger partial charge in [0.25, 0.3) is 0 Å². The maximum atomic E-state index is 2.32. The van der Waals surface area contributed by atoms with Crippen molar-refractivity contribution in [2.45, 2.75) is 40.0 Å². The third-order valence-electron chi connectivity index (χ3n) is 2.45. The minimum atomic E-state index is 0.713. The molecule has 0 saturated carbocycles. The van der Waals surface area contributed by atoms with E-state index in [-0.39, 0.29) is 0 Å². The summed E-state index contributed by atoms with van der Waals surface area (Å²) in [6.45, 7) is 6.79. The van der Waals surface area contributed by atoms with Gasteiger partial charge in [0, 0.05) is 0 Å². The summed E-state index contributed by atoms with van der Waals surface area (Å²) in [5, 5.41) is 0. The molecule has 1 atom stereocenters. The van der Waals surface area contributed by atoms with Crippen molar-refractivity contribution in [3.63, 3.8) is 0 Å². The fraction of sp³-hybridized carbons (Fsp3) is 0.636. The molecule has 0 fully saturated rings. The molecule has 0 saturated heterocycles. The van der Waals surface area contributed by atoms with Crippen LogP contribution in [0.15, 0.2) is 23.3 Å². The first kappa shape index (κ1) is 8.58. The predicted molar refractivity (Wildman–Crippen MR) is 50.5 cm³/mol. The Kier molecular flexibility index (Phi) is 2.92. The van der Waals surface area contributed by atoms with Gasteiger partial charge in [-0.1, -0.05) is 44.9 Å². The van der Waals surface area contributed by atoms with E-state index in [0.29, 0.717) is 5.92 Å². The van der Waals surface area contributed by atoms with Crippen molar-refractivity contribution in [1.82, 2.24) is 0 Å². The van der Waals surface area contributed by atoms with Gasteiger partial charge in [-0.3, -0.25) is 0 Å². The van der Waals surface area contributed by atoms with Crippen LogP contribution < -0.4 is 0 Å². The summed E-state index contributed by atoms with van der Waals surface area (Å²) in [6, 6.07) is 0. The van der Waals surface area contributed by atoms with Crippen LogP contribution in [-0.2, 0) is 0 Å². The zero-order chi connectivity index (χ0) is 8.27. The summed E-state index contributed by atoms with van der Waals surface area (Å²) in [4.78, 5) is 0. The lowest BCUT2D eigenvalue weighted by molar-refractivity contribution is 0.762. The fourth-order valence-corrected chi connectivity index (χ4v) is 1.78. The van der Waals surface area contributed by atoms with E-state index in [4.69, 9.17) is 0 Å². The van der Waals surface area contributed by atoms with Gasteiger partial charge in [0.15, 0.2) is 0 Å². The Bertz CT molecular complexity index is 184. The van der Waals surface area contributed by atoms with Gasteiger partial charge in [0.1, 0.15) is 0 Å². The number of rotatable bonds is 3. The van der Waals surface area contributed by atoms with Gasteiger partial charge < -0.3 is 0 Å². The molecule has 0 heterocycles. The quantitative estimate of drug-likeness (QED) is 0.575. The summed E-state index contributed by atoms with van der Waals surface area (Å²) in [7, 11) is 0. The van der Waals surface area contributed by atoms with Crippen LogP contribution in [0.1, 0.15) is 40.0 Å². The van der Waals surface area contributed by atoms with Crippen molar-refractivity contribution in [3.8, 4) is 0 Å². The molecule has 0 N–H and O–H groups in total. The van der Waals surface area contributed by atoms with E-state index in [2.05, 4.69) is 32.9 Å². The van der Waals surface area contributed by atoms with Crippen LogP contribution >= 0.6 is 0 Å². The zero-order valence-electron chi connectivity index (χ0n) is 7.85. The maximum Gasteiger partial charge on any atom is -0.00426 e. The van der Waals surface area contributed by atoms with Crippen molar-refractivity contribution in [1.29, 1.82) is 0 Å². The number of allylic oxidation sites excluding steroid dienone is 4. The van der Waals surface area contributed by atoms with E-state index >= 15 is 0 Å². The van der Waals surface area contributed by atoms with Gasteiger partial charge in [-0.25, -0.2) is 0 Å². The molecule has 11 heavy (non-hydrogen) atoms. The molecule has 0 radical (unpaired) electrons. The molecule has 1 rings (SSSR count). The first-order valence-corrected chi connectivity index (χ1v) is 4.69. The summed E-state index contributed by atoms with van der Waals surface area (Å²) in [5.74, 6) is 0.713. The molecular weight excluding hydrogens is 132 g/mol. The van der Waals surface area contributed by atoms with Crippen LogP contribution in [0.4, 0.5) is 0 Å². The molecule has 0 amide bonds. The summed E-state index contributed by atoms with van der Waals surface area (Å²) in [6.07, 6.45) is 8.40. The van der Waals surface area contributed by atoms with Crippen molar-refractivity contribution in [2.75, 3.05) is 0 Å². The molecule has 0 nitrogen and oxygen atoms in total. The van der Waals surface area contributed by atoms with Crippen LogP contribution in [0.5, 0.6) is 0 Å². The molecule has 1 aliphatic carbocycles. The van der Waals surface area contributed by atoms with Crippen LogP contribution in [0.25, 0.3) is 0 Å². The second kappa shape index (κ2) is 3.75. The zero-order valence-corrected chi connectivity index (χ0v) is 7.85. The van der Waals surface area contributed by atoms with Crippen molar-refractivity contribution < 1.29 is 0 Å². The summed E-state index contributed by atoms with van der Waals surface area (Å²) < 4.78 is 0. The SMILES string of the molecule is CCCC1=C(CC)C=CC1C. The normalized spacial score (nSPS) is 23.4. The molecule has 0 bridgehead atoms. The average Bonchev–Trinajstić information content (AvgIpc) is 2.34. The monoisotopic (exact) mass is 150 g/mol. The molecule has 1 aliphatic rings. The van der Waals surface area contributed by atoms with Crippen molar-refractivity contribution >= 4 is 0 Å². The van der Waals surface area contributed by atoms with E-state index in [9.17, 15) is 0 Å². The van der Waals surface area contributed by atoms with Gasteiger partial charge in [-0.05, 0) is 24.3 Å². The van der Waals surface area contributed by atoms with Crippen molar-refractivity contribution in [3.05, 3.63) is 23.3 Å². The third-order valence-corrected chi connectivity index (χ3v) is 2.45. The second-order valence-corrected chi connectivity index (χ2v) is 3.30. The van der Waals surface area contributed by atoms with E-state index in [1.54, 1.807) is 11.1 Å². The average molecular weight is 150 g/mol. The van der Waals surface area contributed by atoms with Crippen LogP contribution in [0.3, 0.4) is 0 Å². The highest BCUT2D eigenvalue weighted by atomic mass is 14.2. The van der Waals surface area contributed by atoms with Gasteiger partial charge in [-0.15, -0.1) is 0 Å². The molecule has 0 aromatic rings. The Labute approximate surface area is 70.0 Å². The van der Waals surface area contributed by atoms with E-state index in [1.165, 1.54) is 19.3 Å². The first-order valence-electron chi connectivity index (χ1n) is 4.69. The van der Waals surface area contributed by atoms with E-state index in [0.717, 1.165) is 0 Å². The van der Waals surface area contributed by atoms with Crippen LogP contribution in [0.2, 0.25) is 0 Å². The minimum absolute atomic E-state index is 0.713. The Morgan fingerprint density at radius 2 is 2.09 bits per heavy atom. The lowest BCUT2D eigenvalue weighted by Gasteiger charge is -2.08. The summed E-state index contributed by atoms with van der Waals surface area (Å²) in [5.41, 5.74) is 3.26. The third kappa shape index (κ3) is 1.74. The smallest absolute Gasteiger partial charge is 0.00426 e. The van der Waals surface area contributed by atoms with Gasteiger partial charge >= 0.3 is 0 Å². The first-order chi connectivity index (χ1) is 5.29. The Morgan fingerprint density at radius 1 is 1.36 bits per heavy atom. The van der Waals surface area contributed by atoms with E-state index < -0.39 is 0 Å². The lowest BCUT2D eigenvalue weighted by Crippen LogP contribution is -1.93. The van der Waals surface area contributed by atoms with Gasteiger partial charge in [0.05, 0.1) is 0 Å². The minimum Gasteiger partial charge on any atom is -0.0773 e. The summed E-state index contributed by atoms with van der Waals surface area (Å²) >= 11 is 0. The molecule has 0 heteroatoms. The standard InChI is InChI=1S/C11H18/c1-4-6-11-9(3)7-8-10(11)5-2/h7-9H,4-6H2,1-3H3. The maximum absolute atomic E-state index is 2.32. The van der Waals surface area contributed by atoms with Crippen LogP contribution in [0, 0.1) is 5.92 Å². The molecule has 0 aromatic carbocycles. The lowest BCUT2D eigenvalue weighted by atomic mass is 9.97. The molecule has 62 valence electrons. The molecule has 0 spiro atoms. The Morgan fingerprint density at radius 3 is 2.64 bits per heavy atom. The number of hydrogen-bond acceptors (Lipinski definition) is 0. The molecule has 1 unspecified atom stereocenters. The molecule has 0 aromatic heterocycles. The Balaban J connectivity index is 2.70. The van der Waals surface area contributed by atoms with Crippen LogP contribution in [-0.4, -0.2) is 0 Å². The predicted octanol–water partition coefficient (Wildman–Crippen LogP) is 3.70. The topological polar surface area (TPSA) is 0 Å². The van der Waals surface area contributed by atoms with Gasteiger partial charge in [-0.2, -0.15) is 0 Å². The highest BCUT2D eigenvalue weighted by Crippen LogP contribution is 2.29. The largest absolute Gasteiger partial charge is 0.0773 e.